The molecule has 1 heterocycles. The quantitative estimate of drug-likeness (QED) is 0.718. The second-order valence-corrected chi connectivity index (χ2v) is 6.82. The summed E-state index contributed by atoms with van der Waals surface area (Å²) < 4.78 is 5.57. The minimum Gasteiger partial charge on any atom is -0.364 e. The lowest BCUT2D eigenvalue weighted by molar-refractivity contribution is -0.126. The van der Waals surface area contributed by atoms with Crippen molar-refractivity contribution in [3.63, 3.8) is 0 Å². The molecule has 0 aromatic heterocycles. The number of benzene rings is 1. The summed E-state index contributed by atoms with van der Waals surface area (Å²) in [6.45, 7) is 6.42. The highest BCUT2D eigenvalue weighted by Gasteiger charge is 2.29. The first-order valence-electron chi connectivity index (χ1n) is 8.43. The maximum Gasteiger partial charge on any atom is 0.253 e. The van der Waals surface area contributed by atoms with Crippen LogP contribution in [0.25, 0.3) is 0 Å². The van der Waals surface area contributed by atoms with E-state index < -0.39 is 6.10 Å². The van der Waals surface area contributed by atoms with Crippen molar-refractivity contribution in [2.24, 2.45) is 5.73 Å². The second kappa shape index (κ2) is 9.17. The summed E-state index contributed by atoms with van der Waals surface area (Å²) in [5.74, 6) is -0.292. The summed E-state index contributed by atoms with van der Waals surface area (Å²) in [7, 11) is 0. The Morgan fingerprint density at radius 1 is 1.24 bits per heavy atom. The van der Waals surface area contributed by atoms with Crippen LogP contribution in [0.2, 0.25) is 0 Å². The maximum absolute atomic E-state index is 12.2. The third kappa shape index (κ3) is 5.99. The highest BCUT2D eigenvalue weighted by atomic mass is 35.5. The van der Waals surface area contributed by atoms with E-state index in [2.05, 4.69) is 10.6 Å². The molecule has 2 rings (SSSR count). The van der Waals surface area contributed by atoms with Gasteiger partial charge in [-0.05, 0) is 57.4 Å². The van der Waals surface area contributed by atoms with E-state index in [0.717, 1.165) is 12.8 Å². The minimum absolute atomic E-state index is 0. The van der Waals surface area contributed by atoms with Gasteiger partial charge in [0.25, 0.3) is 11.8 Å². The van der Waals surface area contributed by atoms with Crippen molar-refractivity contribution in [1.82, 2.24) is 5.32 Å². The number of anilines is 1. The van der Waals surface area contributed by atoms with Crippen molar-refractivity contribution < 1.29 is 14.3 Å². The van der Waals surface area contributed by atoms with Gasteiger partial charge in [-0.3, -0.25) is 9.59 Å². The van der Waals surface area contributed by atoms with Gasteiger partial charge in [0.15, 0.2) is 0 Å². The van der Waals surface area contributed by atoms with Crippen LogP contribution in [-0.2, 0) is 9.53 Å². The van der Waals surface area contributed by atoms with Crippen LogP contribution in [0.4, 0.5) is 5.69 Å². The van der Waals surface area contributed by atoms with E-state index in [9.17, 15) is 9.59 Å². The molecule has 6 nitrogen and oxygen atoms in total. The molecule has 0 unspecified atom stereocenters. The highest BCUT2D eigenvalue weighted by molar-refractivity contribution is 5.97. The van der Waals surface area contributed by atoms with Gasteiger partial charge in [0.2, 0.25) is 0 Å². The fourth-order valence-electron chi connectivity index (χ4n) is 2.47. The smallest absolute Gasteiger partial charge is 0.253 e. The van der Waals surface area contributed by atoms with Gasteiger partial charge in [-0.25, -0.2) is 0 Å². The molecule has 140 valence electrons. The molecule has 1 aromatic carbocycles. The van der Waals surface area contributed by atoms with Crippen LogP contribution in [0.3, 0.4) is 0 Å². The van der Waals surface area contributed by atoms with Crippen LogP contribution >= 0.6 is 12.4 Å². The maximum atomic E-state index is 12.2. The fraction of sp³-hybridized carbons (Fsp3) is 0.556. The molecule has 7 heteroatoms. The lowest BCUT2D eigenvalue weighted by Gasteiger charge is -2.24. The van der Waals surface area contributed by atoms with Gasteiger partial charge < -0.3 is 21.1 Å². The van der Waals surface area contributed by atoms with Crippen molar-refractivity contribution in [2.75, 3.05) is 11.9 Å². The SMILES string of the molecule is CCC(C)(C)NC(=O)c1ccc(NC(=O)[C@@H]2CC[C@H](CN)O2)cc1.Cl. The zero-order valence-electron chi connectivity index (χ0n) is 15.0. The second-order valence-electron chi connectivity index (χ2n) is 6.82. The average molecular weight is 370 g/mol. The largest absolute Gasteiger partial charge is 0.364 e. The Kier molecular flexibility index (Phi) is 7.86. The van der Waals surface area contributed by atoms with E-state index in [1.807, 2.05) is 20.8 Å². The lowest BCUT2D eigenvalue weighted by atomic mass is 10.0. The van der Waals surface area contributed by atoms with Gasteiger partial charge in [-0.1, -0.05) is 6.92 Å². The number of nitrogens with one attached hydrogen (secondary N) is 2. The third-order valence-corrected chi connectivity index (χ3v) is 4.41. The first-order valence-corrected chi connectivity index (χ1v) is 8.43. The number of carbonyl (C=O) groups excluding carboxylic acids is 2. The molecule has 1 aliphatic rings. The number of amides is 2. The van der Waals surface area contributed by atoms with Crippen LogP contribution in [-0.4, -0.2) is 36.1 Å². The molecular formula is C18H28ClN3O3. The predicted octanol–water partition coefficient (Wildman–Crippen LogP) is 2.47. The number of carbonyl (C=O) groups is 2. The molecule has 0 saturated carbocycles. The van der Waals surface area contributed by atoms with E-state index in [0.29, 0.717) is 24.2 Å². The molecule has 0 radical (unpaired) electrons. The fourth-order valence-corrected chi connectivity index (χ4v) is 2.47. The average Bonchev–Trinajstić information content (AvgIpc) is 3.04. The first-order chi connectivity index (χ1) is 11.3. The first kappa shape index (κ1) is 21.4. The van der Waals surface area contributed by atoms with Gasteiger partial charge >= 0.3 is 0 Å². The molecule has 0 spiro atoms. The van der Waals surface area contributed by atoms with Crippen LogP contribution < -0.4 is 16.4 Å². The van der Waals surface area contributed by atoms with E-state index in [-0.39, 0.29) is 35.9 Å². The van der Waals surface area contributed by atoms with Crippen LogP contribution in [0.1, 0.15) is 50.4 Å². The van der Waals surface area contributed by atoms with Gasteiger partial charge in [0.05, 0.1) is 6.10 Å². The van der Waals surface area contributed by atoms with Crippen molar-refractivity contribution in [2.45, 2.75) is 57.8 Å². The van der Waals surface area contributed by atoms with E-state index in [1.165, 1.54) is 0 Å². The van der Waals surface area contributed by atoms with Crippen LogP contribution in [0.15, 0.2) is 24.3 Å². The molecule has 0 bridgehead atoms. The number of rotatable bonds is 6. The molecule has 2 amide bonds. The zero-order chi connectivity index (χ0) is 17.7. The molecule has 4 N–H and O–H groups in total. The Balaban J connectivity index is 0.00000312. The normalized spacial score (nSPS) is 19.8. The zero-order valence-corrected chi connectivity index (χ0v) is 15.8. The van der Waals surface area contributed by atoms with E-state index in [4.69, 9.17) is 10.5 Å². The van der Waals surface area contributed by atoms with Crippen molar-refractivity contribution >= 4 is 29.9 Å². The molecule has 1 aromatic rings. The van der Waals surface area contributed by atoms with Crippen LogP contribution in [0.5, 0.6) is 0 Å². The summed E-state index contributed by atoms with van der Waals surface area (Å²) >= 11 is 0. The molecule has 1 saturated heterocycles. The lowest BCUT2D eigenvalue weighted by Crippen LogP contribution is -2.42. The Morgan fingerprint density at radius 2 is 1.88 bits per heavy atom. The van der Waals surface area contributed by atoms with E-state index >= 15 is 0 Å². The standard InChI is InChI=1S/C18H27N3O3.ClH/c1-4-18(2,3)21-16(22)12-5-7-13(8-6-12)20-17(23)15-10-9-14(11-19)24-15;/h5-8,14-15H,4,9-11,19H2,1-3H3,(H,20,23)(H,21,22);1H/t14-,15+;/m1./s1. The molecule has 1 fully saturated rings. The molecular weight excluding hydrogens is 342 g/mol. The van der Waals surface area contributed by atoms with Gasteiger partial charge in [0.1, 0.15) is 6.10 Å². The summed E-state index contributed by atoms with van der Waals surface area (Å²) in [4.78, 5) is 24.4. The Labute approximate surface area is 155 Å². The molecule has 1 aliphatic heterocycles. The van der Waals surface area contributed by atoms with Crippen molar-refractivity contribution in [3.8, 4) is 0 Å². The Morgan fingerprint density at radius 3 is 2.40 bits per heavy atom. The predicted molar refractivity (Wildman–Crippen MR) is 101 cm³/mol. The van der Waals surface area contributed by atoms with Crippen molar-refractivity contribution in [1.29, 1.82) is 0 Å². The molecule has 0 aliphatic carbocycles. The number of hydrogen-bond acceptors (Lipinski definition) is 4. The number of nitrogens with two attached hydrogens (primary N) is 1. The molecule has 2 atom stereocenters. The third-order valence-electron chi connectivity index (χ3n) is 4.41. The van der Waals surface area contributed by atoms with E-state index in [1.54, 1.807) is 24.3 Å². The number of hydrogen-bond donors (Lipinski definition) is 3. The topological polar surface area (TPSA) is 93.5 Å². The number of ether oxygens (including phenoxy) is 1. The summed E-state index contributed by atoms with van der Waals surface area (Å²) in [6, 6.07) is 6.85. The monoisotopic (exact) mass is 369 g/mol. The highest BCUT2D eigenvalue weighted by Crippen LogP contribution is 2.20. The van der Waals surface area contributed by atoms with Gasteiger partial charge in [-0.2, -0.15) is 0 Å². The van der Waals surface area contributed by atoms with Gasteiger partial charge in [0, 0.05) is 23.3 Å². The summed E-state index contributed by atoms with van der Waals surface area (Å²) in [5.41, 5.74) is 6.52. The van der Waals surface area contributed by atoms with Crippen LogP contribution in [0, 0.1) is 0 Å². The summed E-state index contributed by atoms with van der Waals surface area (Å²) in [5, 5.41) is 5.80. The Hall–Kier alpha value is -1.63. The number of halogens is 1. The summed E-state index contributed by atoms with van der Waals surface area (Å²) in [6.07, 6.45) is 1.85. The molecule has 25 heavy (non-hydrogen) atoms. The van der Waals surface area contributed by atoms with Crippen molar-refractivity contribution in [3.05, 3.63) is 29.8 Å². The van der Waals surface area contributed by atoms with Gasteiger partial charge in [-0.15, -0.1) is 12.4 Å². The minimum atomic E-state index is -0.452. The Bertz CT molecular complexity index is 590.